The molecule has 9 heteroatoms. The number of esters is 1. The average molecular weight is 428 g/mol. The summed E-state index contributed by atoms with van der Waals surface area (Å²) in [6.07, 6.45) is 2.12. The van der Waals surface area contributed by atoms with Gasteiger partial charge in [-0.25, -0.2) is 12.8 Å². The second-order valence-electron chi connectivity index (χ2n) is 5.85. The van der Waals surface area contributed by atoms with Crippen molar-refractivity contribution in [3.63, 3.8) is 0 Å². The lowest BCUT2D eigenvalue weighted by molar-refractivity contribution is -0.147. The van der Waals surface area contributed by atoms with Gasteiger partial charge in [0.25, 0.3) is 0 Å². The van der Waals surface area contributed by atoms with E-state index in [2.05, 4.69) is 4.72 Å². The van der Waals surface area contributed by atoms with Crippen molar-refractivity contribution in [2.24, 2.45) is 0 Å². The van der Waals surface area contributed by atoms with Gasteiger partial charge in [0.05, 0.1) is 12.0 Å². The van der Waals surface area contributed by atoms with E-state index < -0.39 is 27.9 Å². The van der Waals surface area contributed by atoms with E-state index in [9.17, 15) is 17.6 Å². The average Bonchev–Trinajstić information content (AvgIpc) is 2.70. The second kappa shape index (κ2) is 10.4. The summed E-state index contributed by atoms with van der Waals surface area (Å²) >= 11 is 1.48. The van der Waals surface area contributed by atoms with E-state index in [1.165, 1.54) is 43.1 Å². The lowest BCUT2D eigenvalue weighted by Crippen LogP contribution is -2.42. The molecule has 0 saturated heterocycles. The fourth-order valence-electron chi connectivity index (χ4n) is 2.37. The van der Waals surface area contributed by atoms with Crippen molar-refractivity contribution in [2.45, 2.75) is 24.0 Å². The van der Waals surface area contributed by atoms with Crippen LogP contribution in [0.3, 0.4) is 0 Å². The first-order valence-electron chi connectivity index (χ1n) is 8.42. The van der Waals surface area contributed by atoms with Crippen LogP contribution in [0, 0.1) is 5.82 Å². The number of ether oxygens (including phenoxy) is 2. The second-order valence-corrected chi connectivity index (χ2v) is 8.54. The Morgan fingerprint density at radius 1 is 1.21 bits per heavy atom. The number of sulfonamides is 1. The highest BCUT2D eigenvalue weighted by Gasteiger charge is 2.26. The molecular formula is C19H22FNO5S2. The summed E-state index contributed by atoms with van der Waals surface area (Å²) in [5, 5.41) is 0. The molecule has 2 aromatic rings. The summed E-state index contributed by atoms with van der Waals surface area (Å²) in [6.45, 7) is -0.178. The molecule has 0 amide bonds. The molecule has 0 heterocycles. The van der Waals surface area contributed by atoms with Crippen molar-refractivity contribution < 1.29 is 27.1 Å². The molecule has 152 valence electrons. The number of carbonyl (C=O) groups is 1. The fraction of sp³-hybridized carbons (Fsp3) is 0.316. The molecule has 1 unspecified atom stereocenters. The van der Waals surface area contributed by atoms with Gasteiger partial charge in [-0.3, -0.25) is 4.79 Å². The van der Waals surface area contributed by atoms with Gasteiger partial charge in [0.15, 0.2) is 11.6 Å². The van der Waals surface area contributed by atoms with E-state index in [-0.39, 0.29) is 23.7 Å². The normalized spacial score (nSPS) is 12.4. The molecule has 1 atom stereocenters. The zero-order valence-electron chi connectivity index (χ0n) is 15.6. The van der Waals surface area contributed by atoms with Crippen LogP contribution in [0.4, 0.5) is 4.39 Å². The van der Waals surface area contributed by atoms with Crippen LogP contribution in [0.2, 0.25) is 0 Å². The molecule has 0 aliphatic rings. The quantitative estimate of drug-likeness (QED) is 0.587. The molecule has 0 spiro atoms. The molecule has 6 nitrogen and oxygen atoms in total. The number of methoxy groups -OCH3 is 1. The maximum absolute atomic E-state index is 13.8. The monoisotopic (exact) mass is 427 g/mol. The van der Waals surface area contributed by atoms with E-state index in [0.717, 1.165) is 0 Å². The summed E-state index contributed by atoms with van der Waals surface area (Å²) in [5.41, 5.74) is 0.432. The van der Waals surface area contributed by atoms with Gasteiger partial charge in [-0.1, -0.05) is 24.3 Å². The lowest BCUT2D eigenvalue weighted by atomic mass is 10.2. The van der Waals surface area contributed by atoms with Crippen LogP contribution < -0.4 is 9.46 Å². The largest absolute Gasteiger partial charge is 0.494 e. The standard InChI is InChI=1S/C19H22FNO5S2/c1-25-18-9-8-14(12-16(18)20)13-26-19(22)17(10-11-27-2)21-28(23,24)15-6-4-3-5-7-15/h3-9,12,17,21H,10-11,13H2,1-2H3. The van der Waals surface area contributed by atoms with Crippen LogP contribution in [0.1, 0.15) is 12.0 Å². The molecule has 0 bridgehead atoms. The van der Waals surface area contributed by atoms with Crippen LogP contribution >= 0.6 is 11.8 Å². The SMILES string of the molecule is COc1ccc(COC(=O)C(CCSC)NS(=O)(=O)c2ccccc2)cc1F. The molecule has 1 N–H and O–H groups in total. The first kappa shape index (κ1) is 22.2. The van der Waals surface area contributed by atoms with E-state index in [1.54, 1.807) is 24.3 Å². The zero-order chi connectivity index (χ0) is 20.6. The Morgan fingerprint density at radius 2 is 1.93 bits per heavy atom. The van der Waals surface area contributed by atoms with E-state index in [4.69, 9.17) is 9.47 Å². The zero-order valence-corrected chi connectivity index (χ0v) is 17.2. The number of nitrogens with one attached hydrogen (secondary N) is 1. The molecule has 0 aromatic heterocycles. The Kier molecular flexibility index (Phi) is 8.28. The summed E-state index contributed by atoms with van der Waals surface area (Å²) in [6, 6.07) is 11.0. The smallest absolute Gasteiger partial charge is 0.324 e. The van der Waals surface area contributed by atoms with Crippen molar-refractivity contribution in [3.05, 3.63) is 59.9 Å². The minimum atomic E-state index is -3.87. The highest BCUT2D eigenvalue weighted by molar-refractivity contribution is 7.98. The van der Waals surface area contributed by atoms with Gasteiger partial charge in [-0.15, -0.1) is 0 Å². The van der Waals surface area contributed by atoms with Crippen LogP contribution in [0.25, 0.3) is 0 Å². The molecule has 0 aliphatic heterocycles. The van der Waals surface area contributed by atoms with Crippen LogP contribution in [-0.2, 0) is 26.2 Å². The Morgan fingerprint density at radius 3 is 2.54 bits per heavy atom. The molecule has 0 radical (unpaired) electrons. The number of hydrogen-bond donors (Lipinski definition) is 1. The third-order valence-corrected chi connectivity index (χ3v) is 5.97. The highest BCUT2D eigenvalue weighted by Crippen LogP contribution is 2.18. The molecule has 0 saturated carbocycles. The third-order valence-electron chi connectivity index (χ3n) is 3.84. The summed E-state index contributed by atoms with van der Waals surface area (Å²) in [7, 11) is -2.52. The number of carbonyl (C=O) groups excluding carboxylic acids is 1. The van der Waals surface area contributed by atoms with Gasteiger partial charge < -0.3 is 9.47 Å². The lowest BCUT2D eigenvalue weighted by Gasteiger charge is -2.17. The first-order valence-corrected chi connectivity index (χ1v) is 11.3. The number of rotatable bonds is 10. The topological polar surface area (TPSA) is 81.7 Å². The first-order chi connectivity index (χ1) is 13.4. The number of thioether (sulfide) groups is 1. The van der Waals surface area contributed by atoms with Gasteiger partial charge in [0.2, 0.25) is 10.0 Å². The van der Waals surface area contributed by atoms with Gasteiger partial charge in [-0.05, 0) is 48.3 Å². The molecule has 0 fully saturated rings. The van der Waals surface area contributed by atoms with Gasteiger partial charge in [0.1, 0.15) is 12.6 Å². The third kappa shape index (κ3) is 6.22. The van der Waals surface area contributed by atoms with Crippen LogP contribution in [-0.4, -0.2) is 39.5 Å². The molecule has 28 heavy (non-hydrogen) atoms. The van der Waals surface area contributed by atoms with Crippen molar-refractivity contribution in [3.8, 4) is 5.75 Å². The van der Waals surface area contributed by atoms with Gasteiger partial charge in [0, 0.05) is 0 Å². The Labute approximate surface area is 168 Å². The van der Waals surface area contributed by atoms with Gasteiger partial charge in [-0.2, -0.15) is 16.5 Å². The Bertz CT molecular complexity index is 890. The number of halogens is 1. The Hall–Kier alpha value is -2.10. The summed E-state index contributed by atoms with van der Waals surface area (Å²) < 4.78 is 51.2. The minimum absolute atomic E-state index is 0.0641. The van der Waals surface area contributed by atoms with E-state index in [1.807, 2.05) is 6.26 Å². The number of benzene rings is 2. The fourth-order valence-corrected chi connectivity index (χ4v) is 4.08. The predicted molar refractivity (Wildman–Crippen MR) is 106 cm³/mol. The maximum atomic E-state index is 13.8. The van der Waals surface area contributed by atoms with Crippen molar-refractivity contribution in [2.75, 3.05) is 19.1 Å². The molecular weight excluding hydrogens is 405 g/mol. The van der Waals surface area contributed by atoms with E-state index >= 15 is 0 Å². The predicted octanol–water partition coefficient (Wildman–Crippen LogP) is 2.98. The Balaban J connectivity index is 2.07. The summed E-state index contributed by atoms with van der Waals surface area (Å²) in [5.74, 6) is -0.637. The van der Waals surface area contributed by atoms with Crippen molar-refractivity contribution >= 4 is 27.8 Å². The number of hydrogen-bond acceptors (Lipinski definition) is 6. The van der Waals surface area contributed by atoms with Crippen LogP contribution in [0.15, 0.2) is 53.4 Å². The molecule has 0 aliphatic carbocycles. The summed E-state index contributed by atoms with van der Waals surface area (Å²) in [4.78, 5) is 12.5. The minimum Gasteiger partial charge on any atom is -0.494 e. The highest BCUT2D eigenvalue weighted by atomic mass is 32.2. The van der Waals surface area contributed by atoms with Crippen LogP contribution in [0.5, 0.6) is 5.75 Å². The van der Waals surface area contributed by atoms with E-state index in [0.29, 0.717) is 11.3 Å². The van der Waals surface area contributed by atoms with Crippen molar-refractivity contribution in [1.29, 1.82) is 0 Å². The molecule has 2 aromatic carbocycles. The van der Waals surface area contributed by atoms with Gasteiger partial charge >= 0.3 is 5.97 Å². The van der Waals surface area contributed by atoms with Crippen molar-refractivity contribution in [1.82, 2.24) is 4.72 Å². The molecule has 2 rings (SSSR count). The maximum Gasteiger partial charge on any atom is 0.324 e.